The van der Waals surface area contributed by atoms with Gasteiger partial charge in [0, 0.05) is 22.6 Å². The summed E-state index contributed by atoms with van der Waals surface area (Å²) in [7, 11) is 0. The van der Waals surface area contributed by atoms with Crippen molar-refractivity contribution in [2.75, 3.05) is 4.90 Å². The van der Waals surface area contributed by atoms with Gasteiger partial charge in [0.25, 0.3) is 0 Å². The molecular weight excluding hydrogens is 473 g/mol. The van der Waals surface area contributed by atoms with E-state index in [2.05, 4.69) is 6.92 Å². The SMILES string of the molecule is CCCCC(C)C(=O)Sc1cc(N(C(=O)C(C)CCCC)C(=O)C(C)CCCC)c(F)cc1Cl. The molecule has 0 aliphatic rings. The summed E-state index contributed by atoms with van der Waals surface area (Å²) in [5.41, 5.74) is -0.123. The predicted molar refractivity (Wildman–Crippen MR) is 141 cm³/mol. The normalized spacial score (nSPS) is 13.9. The minimum absolute atomic E-state index is 0.0651. The van der Waals surface area contributed by atoms with Crippen LogP contribution in [0.2, 0.25) is 5.02 Å². The second-order valence-electron chi connectivity index (χ2n) is 9.30. The van der Waals surface area contributed by atoms with Crippen LogP contribution in [0.15, 0.2) is 17.0 Å². The van der Waals surface area contributed by atoms with Crippen LogP contribution in [0.3, 0.4) is 0 Å². The van der Waals surface area contributed by atoms with Gasteiger partial charge in [0.1, 0.15) is 5.82 Å². The summed E-state index contributed by atoms with van der Waals surface area (Å²) in [6.07, 6.45) is 7.47. The van der Waals surface area contributed by atoms with Gasteiger partial charge in [0.15, 0.2) is 5.12 Å². The number of benzene rings is 1. The van der Waals surface area contributed by atoms with Gasteiger partial charge in [-0.3, -0.25) is 14.4 Å². The number of rotatable bonds is 14. The Bertz CT molecular complexity index is 806. The lowest BCUT2D eigenvalue weighted by atomic mass is 9.98. The summed E-state index contributed by atoms with van der Waals surface area (Å²) < 4.78 is 15.2. The molecule has 0 saturated heterocycles. The fraction of sp³-hybridized carbons (Fsp3) is 0.667. The fourth-order valence-electron chi connectivity index (χ4n) is 3.66. The predicted octanol–water partition coefficient (Wildman–Crippen LogP) is 8.44. The molecule has 0 bridgehead atoms. The van der Waals surface area contributed by atoms with Crippen molar-refractivity contribution in [1.29, 1.82) is 0 Å². The number of anilines is 1. The lowest BCUT2D eigenvalue weighted by Gasteiger charge is -2.28. The topological polar surface area (TPSA) is 54.5 Å². The number of hydrogen-bond acceptors (Lipinski definition) is 4. The number of carbonyl (C=O) groups excluding carboxylic acids is 3. The second kappa shape index (κ2) is 15.6. The number of nitrogens with zero attached hydrogens (tertiary/aromatic N) is 1. The second-order valence-corrected chi connectivity index (χ2v) is 10.8. The molecule has 0 spiro atoms. The van der Waals surface area contributed by atoms with E-state index in [9.17, 15) is 14.4 Å². The van der Waals surface area contributed by atoms with Crippen molar-refractivity contribution < 1.29 is 18.8 Å². The Morgan fingerprint density at radius 1 is 0.853 bits per heavy atom. The molecule has 3 atom stereocenters. The molecule has 0 radical (unpaired) electrons. The maximum atomic E-state index is 15.2. The van der Waals surface area contributed by atoms with Gasteiger partial charge in [0.05, 0.1) is 10.7 Å². The van der Waals surface area contributed by atoms with Gasteiger partial charge < -0.3 is 0 Å². The van der Waals surface area contributed by atoms with Gasteiger partial charge in [-0.2, -0.15) is 0 Å². The van der Waals surface area contributed by atoms with Crippen LogP contribution in [0.1, 0.15) is 99.3 Å². The average Bonchev–Trinajstić information content (AvgIpc) is 2.81. The summed E-state index contributed by atoms with van der Waals surface area (Å²) in [5, 5.41) is 0.0324. The lowest BCUT2D eigenvalue weighted by Crippen LogP contribution is -2.43. The highest BCUT2D eigenvalue weighted by Crippen LogP contribution is 2.37. The maximum Gasteiger partial charge on any atom is 0.236 e. The van der Waals surface area contributed by atoms with Crippen LogP contribution in [0.25, 0.3) is 0 Å². The first-order valence-electron chi connectivity index (χ1n) is 12.7. The number of imide groups is 1. The summed E-state index contributed by atoms with van der Waals surface area (Å²) in [4.78, 5) is 40.9. The summed E-state index contributed by atoms with van der Waals surface area (Å²) >= 11 is 7.23. The van der Waals surface area contributed by atoms with Crippen molar-refractivity contribution in [1.82, 2.24) is 0 Å². The minimum atomic E-state index is -0.743. The first-order valence-corrected chi connectivity index (χ1v) is 13.9. The number of halogens is 2. The number of amides is 2. The molecule has 7 heteroatoms. The molecule has 0 aliphatic heterocycles. The molecular formula is C27H41ClFNO3S. The van der Waals surface area contributed by atoms with Gasteiger partial charge in [-0.05, 0) is 31.4 Å². The van der Waals surface area contributed by atoms with Crippen molar-refractivity contribution in [3.8, 4) is 0 Å². The lowest BCUT2D eigenvalue weighted by molar-refractivity contribution is -0.130. The van der Waals surface area contributed by atoms with Crippen molar-refractivity contribution in [2.45, 2.75) is 104 Å². The zero-order valence-corrected chi connectivity index (χ0v) is 23.2. The number of hydrogen-bond donors (Lipinski definition) is 0. The number of unbranched alkanes of at least 4 members (excludes halogenated alkanes) is 3. The molecule has 0 aromatic heterocycles. The molecule has 1 aromatic carbocycles. The van der Waals surface area contributed by atoms with Gasteiger partial charge in [-0.15, -0.1) is 0 Å². The van der Waals surface area contributed by atoms with Gasteiger partial charge in [0.2, 0.25) is 11.8 Å². The van der Waals surface area contributed by atoms with Gasteiger partial charge in [-0.1, -0.05) is 103 Å². The standard InChI is InChI=1S/C27H41ClFNO3S/c1-7-10-13-18(4)25(31)30(26(32)19(5)14-11-8-2)23-17-24(21(28)16-22(23)29)34-27(33)20(6)15-12-9-3/h16-20H,7-15H2,1-6H3. The maximum absolute atomic E-state index is 15.2. The third kappa shape index (κ3) is 8.99. The number of carbonyl (C=O) groups is 3. The van der Waals surface area contributed by atoms with Crippen molar-refractivity contribution in [2.24, 2.45) is 17.8 Å². The molecule has 2 amide bonds. The van der Waals surface area contributed by atoms with Crippen molar-refractivity contribution >= 4 is 46.0 Å². The molecule has 1 rings (SSSR count). The van der Waals surface area contributed by atoms with Crippen LogP contribution < -0.4 is 4.90 Å². The quantitative estimate of drug-likeness (QED) is 0.234. The molecule has 0 N–H and O–H groups in total. The van der Waals surface area contributed by atoms with E-state index in [1.165, 1.54) is 6.07 Å². The Kier molecular flexibility index (Phi) is 14.0. The molecule has 1 aromatic rings. The largest absolute Gasteiger partial charge is 0.287 e. The zero-order chi connectivity index (χ0) is 25.8. The van der Waals surface area contributed by atoms with Gasteiger partial charge >= 0.3 is 0 Å². The average molecular weight is 514 g/mol. The molecule has 0 saturated carbocycles. The van der Waals surface area contributed by atoms with E-state index in [-0.39, 0.29) is 21.7 Å². The van der Waals surface area contributed by atoms with Crippen molar-refractivity contribution in [3.63, 3.8) is 0 Å². The highest BCUT2D eigenvalue weighted by atomic mass is 35.5. The molecule has 192 valence electrons. The molecule has 0 aliphatic carbocycles. The Hall–Kier alpha value is -1.40. The highest BCUT2D eigenvalue weighted by molar-refractivity contribution is 8.13. The van der Waals surface area contributed by atoms with Gasteiger partial charge in [-0.25, -0.2) is 9.29 Å². The molecule has 0 heterocycles. The Morgan fingerprint density at radius 3 is 1.74 bits per heavy atom. The first-order chi connectivity index (χ1) is 16.1. The highest BCUT2D eigenvalue weighted by Gasteiger charge is 2.33. The van der Waals surface area contributed by atoms with E-state index in [1.807, 2.05) is 20.8 Å². The Labute approximate surface area is 214 Å². The Morgan fingerprint density at radius 2 is 1.29 bits per heavy atom. The van der Waals surface area contributed by atoms with E-state index in [0.717, 1.165) is 67.7 Å². The monoisotopic (exact) mass is 513 g/mol. The minimum Gasteiger partial charge on any atom is -0.287 e. The van der Waals surface area contributed by atoms with E-state index >= 15 is 4.39 Å². The zero-order valence-electron chi connectivity index (χ0n) is 21.6. The van der Waals surface area contributed by atoms with Crippen LogP contribution in [-0.2, 0) is 14.4 Å². The summed E-state index contributed by atoms with van der Waals surface area (Å²) in [5.74, 6) is -2.60. The smallest absolute Gasteiger partial charge is 0.236 e. The Balaban J connectivity index is 3.38. The third-order valence-corrected chi connectivity index (χ3v) is 7.70. The van der Waals surface area contributed by atoms with Crippen LogP contribution >= 0.6 is 23.4 Å². The van der Waals surface area contributed by atoms with Crippen LogP contribution in [-0.4, -0.2) is 16.9 Å². The van der Waals surface area contributed by atoms with E-state index in [0.29, 0.717) is 17.7 Å². The fourth-order valence-corrected chi connectivity index (χ4v) is 4.79. The molecule has 34 heavy (non-hydrogen) atoms. The van der Waals surface area contributed by atoms with Crippen LogP contribution in [0.4, 0.5) is 10.1 Å². The third-order valence-electron chi connectivity index (χ3n) is 6.11. The summed E-state index contributed by atoms with van der Waals surface area (Å²) in [6, 6.07) is 2.49. The van der Waals surface area contributed by atoms with Crippen LogP contribution in [0, 0.1) is 23.6 Å². The number of thioether (sulfide) groups is 1. The molecule has 0 fully saturated rings. The molecule has 3 unspecified atom stereocenters. The van der Waals surface area contributed by atoms with E-state index in [1.54, 1.807) is 13.8 Å². The van der Waals surface area contributed by atoms with E-state index < -0.39 is 29.5 Å². The van der Waals surface area contributed by atoms with E-state index in [4.69, 9.17) is 11.6 Å². The van der Waals surface area contributed by atoms with Crippen molar-refractivity contribution in [3.05, 3.63) is 23.0 Å². The first kappa shape index (κ1) is 30.6. The summed E-state index contributed by atoms with van der Waals surface area (Å²) in [6.45, 7) is 11.6. The molecule has 4 nitrogen and oxygen atoms in total. The van der Waals surface area contributed by atoms with Crippen LogP contribution in [0.5, 0.6) is 0 Å².